The van der Waals surface area contributed by atoms with E-state index in [-0.39, 0.29) is 29.4 Å². The molecule has 7 nitrogen and oxygen atoms in total. The van der Waals surface area contributed by atoms with E-state index in [0.29, 0.717) is 23.5 Å². The highest BCUT2D eigenvalue weighted by Gasteiger charge is 2.46. The molecule has 2 aliphatic rings. The first-order chi connectivity index (χ1) is 18.4. The van der Waals surface area contributed by atoms with E-state index < -0.39 is 17.7 Å². The van der Waals surface area contributed by atoms with Crippen molar-refractivity contribution >= 4 is 17.4 Å². The largest absolute Gasteiger partial charge is 0.507 e. The molecule has 0 saturated carbocycles. The van der Waals surface area contributed by atoms with Crippen LogP contribution in [0.5, 0.6) is 17.2 Å². The van der Waals surface area contributed by atoms with Crippen molar-refractivity contribution in [3.63, 3.8) is 0 Å². The number of carbonyl (C=O) groups is 2. The number of aromatic hydroxyl groups is 1. The molecular formula is C31H31NO6. The van der Waals surface area contributed by atoms with Gasteiger partial charge in [0.15, 0.2) is 11.5 Å². The Labute approximate surface area is 221 Å². The SMILES string of the molecule is CCOc1cc(C2/C(=C(\O)c3ccc4c(c3)CCCC4)C(=O)C(=O)N2Cc2ccc(OC)cc2)ccc1O. The predicted molar refractivity (Wildman–Crippen MR) is 143 cm³/mol. The minimum atomic E-state index is -0.868. The molecule has 5 rings (SSSR count). The summed E-state index contributed by atoms with van der Waals surface area (Å²) >= 11 is 0. The fraction of sp³-hybridized carbons (Fsp3) is 0.290. The molecule has 1 heterocycles. The Kier molecular flexibility index (Phi) is 7.09. The van der Waals surface area contributed by atoms with Gasteiger partial charge in [0.05, 0.1) is 25.3 Å². The molecule has 1 atom stereocenters. The van der Waals surface area contributed by atoms with Crippen molar-refractivity contribution in [2.75, 3.05) is 13.7 Å². The van der Waals surface area contributed by atoms with Crippen molar-refractivity contribution in [1.29, 1.82) is 0 Å². The number of aryl methyl sites for hydroxylation is 2. The van der Waals surface area contributed by atoms with Crippen LogP contribution in [0.3, 0.4) is 0 Å². The van der Waals surface area contributed by atoms with Crippen LogP contribution in [0.1, 0.15) is 53.6 Å². The second kappa shape index (κ2) is 10.6. The Bertz CT molecular complexity index is 1410. The summed E-state index contributed by atoms with van der Waals surface area (Å²) < 4.78 is 10.8. The van der Waals surface area contributed by atoms with E-state index in [9.17, 15) is 19.8 Å². The number of hydrogen-bond donors (Lipinski definition) is 2. The second-order valence-corrected chi connectivity index (χ2v) is 9.63. The van der Waals surface area contributed by atoms with Gasteiger partial charge in [-0.2, -0.15) is 0 Å². The van der Waals surface area contributed by atoms with Crippen LogP contribution in [0.25, 0.3) is 5.76 Å². The van der Waals surface area contributed by atoms with Crippen molar-refractivity contribution in [2.45, 2.75) is 45.2 Å². The van der Waals surface area contributed by atoms with Gasteiger partial charge in [0.1, 0.15) is 11.5 Å². The number of carbonyl (C=O) groups excluding carboxylic acids is 2. The summed E-state index contributed by atoms with van der Waals surface area (Å²) in [6, 6.07) is 16.9. The number of amides is 1. The molecule has 0 aromatic heterocycles. The van der Waals surface area contributed by atoms with Crippen molar-refractivity contribution in [3.8, 4) is 17.2 Å². The van der Waals surface area contributed by atoms with Crippen LogP contribution >= 0.6 is 0 Å². The van der Waals surface area contributed by atoms with E-state index >= 15 is 0 Å². The first-order valence-corrected chi connectivity index (χ1v) is 12.9. The average molecular weight is 514 g/mol. The Morgan fingerprint density at radius 1 is 0.974 bits per heavy atom. The van der Waals surface area contributed by atoms with E-state index in [1.54, 1.807) is 38.3 Å². The number of rotatable bonds is 7. The van der Waals surface area contributed by atoms with Crippen LogP contribution in [0, 0.1) is 0 Å². The van der Waals surface area contributed by atoms with Gasteiger partial charge in [-0.1, -0.05) is 30.3 Å². The van der Waals surface area contributed by atoms with Crippen LogP contribution in [0.4, 0.5) is 0 Å². The maximum atomic E-state index is 13.5. The molecule has 2 N–H and O–H groups in total. The van der Waals surface area contributed by atoms with E-state index in [1.807, 2.05) is 30.3 Å². The van der Waals surface area contributed by atoms with Crippen LogP contribution in [0.15, 0.2) is 66.2 Å². The Morgan fingerprint density at radius 3 is 2.42 bits per heavy atom. The number of nitrogens with zero attached hydrogens (tertiary/aromatic N) is 1. The van der Waals surface area contributed by atoms with Gasteiger partial charge >= 0.3 is 0 Å². The number of Topliss-reactive ketones (excluding diaryl/α,β-unsaturated/α-hetero) is 1. The van der Waals surface area contributed by atoms with Gasteiger partial charge < -0.3 is 24.6 Å². The van der Waals surface area contributed by atoms with Gasteiger partial charge in [0.2, 0.25) is 0 Å². The maximum absolute atomic E-state index is 13.5. The quantitative estimate of drug-likeness (QED) is 0.253. The average Bonchev–Trinajstić information content (AvgIpc) is 3.19. The zero-order valence-electron chi connectivity index (χ0n) is 21.6. The summed E-state index contributed by atoms with van der Waals surface area (Å²) in [5.41, 5.74) is 4.31. The van der Waals surface area contributed by atoms with Crippen LogP contribution < -0.4 is 9.47 Å². The predicted octanol–water partition coefficient (Wildman–Crippen LogP) is 5.30. The normalized spacial score (nSPS) is 18.4. The minimum Gasteiger partial charge on any atom is -0.507 e. The number of benzene rings is 3. The van der Waals surface area contributed by atoms with Gasteiger partial charge in [0.25, 0.3) is 11.7 Å². The van der Waals surface area contributed by atoms with Gasteiger partial charge in [0, 0.05) is 12.1 Å². The van der Waals surface area contributed by atoms with Crippen molar-refractivity contribution < 1.29 is 29.3 Å². The maximum Gasteiger partial charge on any atom is 0.295 e. The molecule has 1 unspecified atom stereocenters. The molecule has 1 fully saturated rings. The Morgan fingerprint density at radius 2 is 1.71 bits per heavy atom. The summed E-state index contributed by atoms with van der Waals surface area (Å²) in [5, 5.41) is 21.8. The highest BCUT2D eigenvalue weighted by molar-refractivity contribution is 6.46. The van der Waals surface area contributed by atoms with Crippen LogP contribution in [0.2, 0.25) is 0 Å². The molecule has 0 bridgehead atoms. The lowest BCUT2D eigenvalue weighted by Gasteiger charge is -2.26. The highest BCUT2D eigenvalue weighted by Crippen LogP contribution is 2.43. The molecule has 196 valence electrons. The minimum absolute atomic E-state index is 0.0207. The zero-order chi connectivity index (χ0) is 26.8. The van der Waals surface area contributed by atoms with Gasteiger partial charge in [-0.15, -0.1) is 0 Å². The smallest absolute Gasteiger partial charge is 0.295 e. The lowest BCUT2D eigenvalue weighted by molar-refractivity contribution is -0.140. The van der Waals surface area contributed by atoms with Crippen molar-refractivity contribution in [1.82, 2.24) is 4.90 Å². The number of ether oxygens (including phenoxy) is 2. The summed E-state index contributed by atoms with van der Waals surface area (Å²) in [6.07, 6.45) is 4.13. The second-order valence-electron chi connectivity index (χ2n) is 9.63. The molecule has 7 heteroatoms. The third kappa shape index (κ3) is 4.72. The standard InChI is InChI=1S/C31H31NO6/c1-3-38-26-17-22(12-15-25(26)33)28-27(29(34)23-11-10-20-6-4-5-7-21(20)16-23)30(35)31(36)32(28)18-19-8-13-24(37-2)14-9-19/h8-17,28,33-34H,3-7,18H2,1-2H3/b29-27+. The third-order valence-electron chi connectivity index (χ3n) is 7.27. The number of phenolic OH excluding ortho intramolecular Hbond substituents is 1. The summed E-state index contributed by atoms with van der Waals surface area (Å²) in [4.78, 5) is 28.3. The van der Waals surface area contributed by atoms with E-state index in [4.69, 9.17) is 9.47 Å². The number of hydrogen-bond acceptors (Lipinski definition) is 6. The van der Waals surface area contributed by atoms with E-state index in [2.05, 4.69) is 0 Å². The van der Waals surface area contributed by atoms with Crippen molar-refractivity contribution in [3.05, 3.63) is 94.1 Å². The molecule has 3 aromatic rings. The zero-order valence-corrected chi connectivity index (χ0v) is 21.6. The van der Waals surface area contributed by atoms with E-state index in [0.717, 1.165) is 36.8 Å². The number of aliphatic hydroxyl groups excluding tert-OH is 1. The Hall–Kier alpha value is -4.26. The van der Waals surface area contributed by atoms with Crippen molar-refractivity contribution in [2.24, 2.45) is 0 Å². The third-order valence-corrected chi connectivity index (χ3v) is 7.27. The molecule has 1 aliphatic carbocycles. The van der Waals surface area contributed by atoms with Crippen LogP contribution in [-0.4, -0.2) is 40.5 Å². The molecular weight excluding hydrogens is 482 g/mol. The molecule has 1 amide bonds. The van der Waals surface area contributed by atoms with E-state index in [1.165, 1.54) is 16.5 Å². The number of phenols is 1. The summed E-state index contributed by atoms with van der Waals surface area (Å²) in [7, 11) is 1.58. The molecule has 1 saturated heterocycles. The van der Waals surface area contributed by atoms with Gasteiger partial charge in [-0.3, -0.25) is 9.59 Å². The first kappa shape index (κ1) is 25.4. The number of likely N-dealkylation sites (tertiary alicyclic amines) is 1. The molecule has 38 heavy (non-hydrogen) atoms. The molecule has 1 aliphatic heterocycles. The lowest BCUT2D eigenvalue weighted by Crippen LogP contribution is -2.29. The number of ketones is 1. The summed E-state index contributed by atoms with van der Waals surface area (Å²) in [5.74, 6) is -0.767. The molecule has 0 radical (unpaired) electrons. The Balaban J connectivity index is 1.63. The number of aliphatic hydroxyl groups is 1. The fourth-order valence-electron chi connectivity index (χ4n) is 5.33. The summed E-state index contributed by atoms with van der Waals surface area (Å²) in [6.45, 7) is 2.28. The highest BCUT2D eigenvalue weighted by atomic mass is 16.5. The molecule has 0 spiro atoms. The molecule has 3 aromatic carbocycles. The number of fused-ring (bicyclic) bond motifs is 1. The first-order valence-electron chi connectivity index (χ1n) is 12.9. The monoisotopic (exact) mass is 513 g/mol. The fourth-order valence-corrected chi connectivity index (χ4v) is 5.33. The lowest BCUT2D eigenvalue weighted by atomic mass is 9.88. The van der Waals surface area contributed by atoms with Crippen LogP contribution in [-0.2, 0) is 29.0 Å². The van der Waals surface area contributed by atoms with Gasteiger partial charge in [-0.25, -0.2) is 0 Å². The van der Waals surface area contributed by atoms with Gasteiger partial charge in [-0.05, 0) is 85.2 Å². The number of methoxy groups -OCH3 is 1. The topological polar surface area (TPSA) is 96.3 Å².